The van der Waals surface area contributed by atoms with Crippen LogP contribution in [0.15, 0.2) is 48.5 Å². The highest BCUT2D eigenvalue weighted by atomic mass is 16.2. The van der Waals surface area contributed by atoms with Gasteiger partial charge in [-0.25, -0.2) is 0 Å². The van der Waals surface area contributed by atoms with Gasteiger partial charge < -0.3 is 21.7 Å². The summed E-state index contributed by atoms with van der Waals surface area (Å²) in [4.78, 5) is 23.8. The van der Waals surface area contributed by atoms with E-state index in [1.54, 1.807) is 24.3 Å². The lowest BCUT2D eigenvalue weighted by Crippen LogP contribution is -2.15. The van der Waals surface area contributed by atoms with Crippen molar-refractivity contribution in [3.8, 4) is 0 Å². The summed E-state index contributed by atoms with van der Waals surface area (Å²) in [6.45, 7) is 0. The molecule has 0 bridgehead atoms. The third-order valence-electron chi connectivity index (χ3n) is 3.50. The number of para-hydroxylation sites is 2. The maximum absolute atomic E-state index is 11.9. The number of nitrogens with two attached hydrogens (primary N) is 1. The van der Waals surface area contributed by atoms with E-state index in [9.17, 15) is 9.59 Å². The maximum atomic E-state index is 11.9. The highest BCUT2D eigenvalue weighted by Crippen LogP contribution is 2.17. The van der Waals surface area contributed by atoms with Crippen LogP contribution in [-0.2, 0) is 9.59 Å². The Kier molecular flexibility index (Phi) is 6.19. The molecular weight excluding hydrogens is 304 g/mol. The number of amides is 2. The standard InChI is InChI=1S/C18H22N4O2/c1-20-13-9-11-14(12-10-13)21-17(23)7-4-8-18(24)22-16-6-3-2-5-15(16)19/h2-3,5-6,9-12,20H,4,7-8,19H2,1H3,(H,21,23)(H,22,24). The molecule has 2 rings (SSSR count). The molecule has 6 heteroatoms. The van der Waals surface area contributed by atoms with E-state index in [1.165, 1.54) is 0 Å². The molecule has 2 aromatic rings. The Morgan fingerprint density at radius 3 is 2.08 bits per heavy atom. The second kappa shape index (κ2) is 8.57. The van der Waals surface area contributed by atoms with Crippen molar-refractivity contribution in [3.63, 3.8) is 0 Å². The van der Waals surface area contributed by atoms with Gasteiger partial charge in [0.25, 0.3) is 0 Å². The molecule has 0 saturated carbocycles. The Morgan fingerprint density at radius 1 is 0.875 bits per heavy atom. The first-order valence-corrected chi connectivity index (χ1v) is 7.80. The number of benzene rings is 2. The Morgan fingerprint density at radius 2 is 1.46 bits per heavy atom. The van der Waals surface area contributed by atoms with E-state index in [1.807, 2.05) is 31.3 Å². The molecule has 0 aliphatic rings. The number of hydrogen-bond donors (Lipinski definition) is 4. The van der Waals surface area contributed by atoms with Crippen LogP contribution in [0.5, 0.6) is 0 Å². The molecule has 5 N–H and O–H groups in total. The molecule has 0 fully saturated rings. The molecule has 0 heterocycles. The molecule has 0 aliphatic heterocycles. The van der Waals surface area contributed by atoms with Gasteiger partial charge >= 0.3 is 0 Å². The largest absolute Gasteiger partial charge is 0.397 e. The Hall–Kier alpha value is -3.02. The maximum Gasteiger partial charge on any atom is 0.224 e. The van der Waals surface area contributed by atoms with E-state index in [0.29, 0.717) is 17.8 Å². The summed E-state index contributed by atoms with van der Waals surface area (Å²) in [6, 6.07) is 14.5. The average Bonchev–Trinajstić information content (AvgIpc) is 2.57. The molecule has 6 nitrogen and oxygen atoms in total. The van der Waals surface area contributed by atoms with Crippen molar-refractivity contribution in [1.29, 1.82) is 0 Å². The Balaban J connectivity index is 1.71. The zero-order chi connectivity index (χ0) is 17.4. The topological polar surface area (TPSA) is 96.2 Å². The van der Waals surface area contributed by atoms with Crippen LogP contribution in [0.2, 0.25) is 0 Å². The fourth-order valence-electron chi connectivity index (χ4n) is 2.18. The molecule has 0 unspecified atom stereocenters. The number of rotatable bonds is 7. The van der Waals surface area contributed by atoms with Gasteiger partial charge in [0.15, 0.2) is 0 Å². The molecule has 0 aliphatic carbocycles. The Bertz CT molecular complexity index is 698. The van der Waals surface area contributed by atoms with E-state index in [0.717, 1.165) is 11.4 Å². The molecule has 24 heavy (non-hydrogen) atoms. The number of anilines is 4. The number of nitrogens with one attached hydrogen (secondary N) is 3. The molecule has 0 aromatic heterocycles. The van der Waals surface area contributed by atoms with Crippen molar-refractivity contribution < 1.29 is 9.59 Å². The second-order valence-corrected chi connectivity index (χ2v) is 5.36. The molecule has 2 aromatic carbocycles. The van der Waals surface area contributed by atoms with Crippen LogP contribution in [0, 0.1) is 0 Å². The van der Waals surface area contributed by atoms with E-state index < -0.39 is 0 Å². The Labute approximate surface area is 141 Å². The van der Waals surface area contributed by atoms with Gasteiger partial charge in [-0.2, -0.15) is 0 Å². The number of carbonyl (C=O) groups is 2. The minimum Gasteiger partial charge on any atom is -0.397 e. The van der Waals surface area contributed by atoms with Crippen LogP contribution in [-0.4, -0.2) is 18.9 Å². The number of nitrogen functional groups attached to an aromatic ring is 1. The normalized spacial score (nSPS) is 10.0. The van der Waals surface area contributed by atoms with Crippen LogP contribution in [0.1, 0.15) is 19.3 Å². The highest BCUT2D eigenvalue weighted by molar-refractivity contribution is 5.94. The zero-order valence-electron chi connectivity index (χ0n) is 13.6. The molecule has 0 radical (unpaired) electrons. The number of carbonyl (C=O) groups excluding carboxylic acids is 2. The van der Waals surface area contributed by atoms with Gasteiger partial charge in [-0.15, -0.1) is 0 Å². The smallest absolute Gasteiger partial charge is 0.224 e. The van der Waals surface area contributed by atoms with Crippen LogP contribution in [0.4, 0.5) is 22.7 Å². The van der Waals surface area contributed by atoms with Crippen molar-refractivity contribution in [2.24, 2.45) is 0 Å². The summed E-state index contributed by atoms with van der Waals surface area (Å²) >= 11 is 0. The first-order chi connectivity index (χ1) is 11.6. The quantitative estimate of drug-likeness (QED) is 0.588. The molecular formula is C18H22N4O2. The summed E-state index contributed by atoms with van der Waals surface area (Å²) in [6.07, 6.45) is 1.02. The van der Waals surface area contributed by atoms with E-state index in [4.69, 9.17) is 5.73 Å². The van der Waals surface area contributed by atoms with Gasteiger partial charge in [-0.05, 0) is 42.8 Å². The molecule has 126 valence electrons. The summed E-state index contributed by atoms with van der Waals surface area (Å²) in [5, 5.41) is 8.56. The molecule has 2 amide bonds. The highest BCUT2D eigenvalue weighted by Gasteiger charge is 2.07. The van der Waals surface area contributed by atoms with Crippen LogP contribution in [0.3, 0.4) is 0 Å². The summed E-state index contributed by atoms with van der Waals surface area (Å²) in [5.74, 6) is -0.265. The minimum atomic E-state index is -0.154. The van der Waals surface area contributed by atoms with Gasteiger partial charge in [0.05, 0.1) is 11.4 Å². The average molecular weight is 326 g/mol. The van der Waals surface area contributed by atoms with Crippen molar-refractivity contribution >= 4 is 34.6 Å². The lowest BCUT2D eigenvalue weighted by molar-refractivity contribution is -0.117. The van der Waals surface area contributed by atoms with E-state index >= 15 is 0 Å². The first kappa shape index (κ1) is 17.3. The van der Waals surface area contributed by atoms with Crippen LogP contribution >= 0.6 is 0 Å². The zero-order valence-corrected chi connectivity index (χ0v) is 13.6. The second-order valence-electron chi connectivity index (χ2n) is 5.36. The molecule has 0 atom stereocenters. The van der Waals surface area contributed by atoms with Gasteiger partial charge in [0.2, 0.25) is 11.8 Å². The third-order valence-corrected chi connectivity index (χ3v) is 3.50. The van der Waals surface area contributed by atoms with Crippen molar-refractivity contribution in [3.05, 3.63) is 48.5 Å². The lowest BCUT2D eigenvalue weighted by atomic mass is 10.2. The molecule has 0 saturated heterocycles. The SMILES string of the molecule is CNc1ccc(NC(=O)CCCC(=O)Nc2ccccc2N)cc1. The van der Waals surface area contributed by atoms with Gasteiger partial charge in [0, 0.05) is 31.3 Å². The van der Waals surface area contributed by atoms with Crippen molar-refractivity contribution in [1.82, 2.24) is 0 Å². The van der Waals surface area contributed by atoms with Crippen LogP contribution in [0.25, 0.3) is 0 Å². The van der Waals surface area contributed by atoms with Crippen LogP contribution < -0.4 is 21.7 Å². The van der Waals surface area contributed by atoms with Crippen molar-refractivity contribution in [2.75, 3.05) is 28.7 Å². The van der Waals surface area contributed by atoms with Gasteiger partial charge in [-0.3, -0.25) is 9.59 Å². The summed E-state index contributed by atoms with van der Waals surface area (Å²) in [5.41, 5.74) is 8.60. The fourth-order valence-corrected chi connectivity index (χ4v) is 2.18. The predicted molar refractivity (Wildman–Crippen MR) is 98.0 cm³/mol. The number of hydrogen-bond acceptors (Lipinski definition) is 4. The predicted octanol–water partition coefficient (Wildman–Crippen LogP) is 3.06. The van der Waals surface area contributed by atoms with Gasteiger partial charge in [-0.1, -0.05) is 12.1 Å². The monoisotopic (exact) mass is 326 g/mol. The minimum absolute atomic E-state index is 0.112. The molecule has 0 spiro atoms. The van der Waals surface area contributed by atoms with E-state index in [2.05, 4.69) is 16.0 Å². The first-order valence-electron chi connectivity index (χ1n) is 7.80. The lowest BCUT2D eigenvalue weighted by Gasteiger charge is -2.08. The van der Waals surface area contributed by atoms with E-state index in [-0.39, 0.29) is 24.7 Å². The third kappa shape index (κ3) is 5.31. The van der Waals surface area contributed by atoms with Gasteiger partial charge in [0.1, 0.15) is 0 Å². The fraction of sp³-hybridized carbons (Fsp3) is 0.222. The summed E-state index contributed by atoms with van der Waals surface area (Å²) in [7, 11) is 1.84. The summed E-state index contributed by atoms with van der Waals surface area (Å²) < 4.78 is 0. The van der Waals surface area contributed by atoms with Crippen molar-refractivity contribution in [2.45, 2.75) is 19.3 Å².